The van der Waals surface area contributed by atoms with Crippen molar-refractivity contribution >= 4 is 29.1 Å². The van der Waals surface area contributed by atoms with Crippen LogP contribution in [0.2, 0.25) is 0 Å². The fraction of sp³-hybridized carbons (Fsp3) is 0.471. The summed E-state index contributed by atoms with van der Waals surface area (Å²) in [6, 6.07) is 5.39. The van der Waals surface area contributed by atoms with Gasteiger partial charge in [0.05, 0.1) is 16.8 Å². The average Bonchev–Trinajstić information content (AvgIpc) is 3.25. The van der Waals surface area contributed by atoms with E-state index in [0.29, 0.717) is 5.69 Å². The summed E-state index contributed by atoms with van der Waals surface area (Å²) < 4.78 is 0. The van der Waals surface area contributed by atoms with Gasteiger partial charge in [0.25, 0.3) is 5.69 Å². The minimum atomic E-state index is -0.528. The van der Waals surface area contributed by atoms with Crippen molar-refractivity contribution in [3.05, 3.63) is 34.4 Å². The van der Waals surface area contributed by atoms with E-state index >= 15 is 0 Å². The minimum Gasteiger partial charge on any atom is -0.325 e. The normalized spacial score (nSPS) is 29.8. The van der Waals surface area contributed by atoms with Gasteiger partial charge < -0.3 is 5.32 Å². The number of nitrogens with zero attached hydrogens (tertiary/aromatic N) is 2. The van der Waals surface area contributed by atoms with E-state index < -0.39 is 10.8 Å². The molecule has 130 valence electrons. The Kier molecular flexibility index (Phi) is 3.55. The van der Waals surface area contributed by atoms with E-state index in [4.69, 9.17) is 0 Å². The highest BCUT2D eigenvalue weighted by Crippen LogP contribution is 2.56. The number of non-ortho nitro benzene ring substituents is 1. The summed E-state index contributed by atoms with van der Waals surface area (Å²) in [5.74, 6) is -0.829. The Labute approximate surface area is 143 Å². The predicted octanol–water partition coefficient (Wildman–Crippen LogP) is 1.56. The van der Waals surface area contributed by atoms with Crippen LogP contribution in [0.1, 0.15) is 19.3 Å². The van der Waals surface area contributed by atoms with Gasteiger partial charge in [-0.3, -0.25) is 29.4 Å². The number of imide groups is 1. The standard InChI is InChI=1S/C17H17N3O5/c21-13(18-11-3-5-12(6-4-11)20(24)25)8-19-16(22)14-9-1-2-10(7-9)15(14)17(19)23/h3-6,9-10,14-15H,1-2,7-8H2,(H,18,21)/t9-,10-,14-,15+/m1/s1. The molecule has 8 nitrogen and oxygen atoms in total. The lowest BCUT2D eigenvalue weighted by atomic mass is 9.81. The number of amides is 3. The van der Waals surface area contributed by atoms with E-state index in [1.807, 2.05) is 0 Å². The van der Waals surface area contributed by atoms with Crippen LogP contribution in [0.25, 0.3) is 0 Å². The molecule has 1 aliphatic heterocycles. The van der Waals surface area contributed by atoms with Gasteiger partial charge in [0, 0.05) is 17.8 Å². The smallest absolute Gasteiger partial charge is 0.269 e. The molecule has 25 heavy (non-hydrogen) atoms. The molecule has 1 heterocycles. The summed E-state index contributed by atoms with van der Waals surface area (Å²) in [5, 5.41) is 13.2. The van der Waals surface area contributed by atoms with Crippen molar-refractivity contribution in [2.75, 3.05) is 11.9 Å². The Morgan fingerprint density at radius 1 is 1.12 bits per heavy atom. The van der Waals surface area contributed by atoms with Crippen molar-refractivity contribution in [3.63, 3.8) is 0 Å². The van der Waals surface area contributed by atoms with E-state index in [9.17, 15) is 24.5 Å². The first kappa shape index (κ1) is 15.7. The summed E-state index contributed by atoms with van der Waals surface area (Å²) in [6.45, 7) is -0.304. The number of hydrogen-bond donors (Lipinski definition) is 1. The number of nitro groups is 1. The number of anilines is 1. The van der Waals surface area contributed by atoms with Gasteiger partial charge in [-0.1, -0.05) is 0 Å². The topological polar surface area (TPSA) is 110 Å². The SMILES string of the molecule is O=C(CN1C(=O)[C@@H]2[C@@H]3CC[C@H](C3)[C@@H]2C1=O)Nc1ccc([N+](=O)[O-])cc1. The highest BCUT2D eigenvalue weighted by Gasteiger charge is 2.60. The van der Waals surface area contributed by atoms with Crippen LogP contribution in [0.3, 0.4) is 0 Å². The first-order valence-electron chi connectivity index (χ1n) is 8.35. The molecule has 0 aromatic heterocycles. The number of likely N-dealkylation sites (tertiary alicyclic amines) is 1. The number of carbonyl (C=O) groups is 3. The Morgan fingerprint density at radius 2 is 1.68 bits per heavy atom. The molecule has 0 spiro atoms. The van der Waals surface area contributed by atoms with Gasteiger partial charge in [-0.25, -0.2) is 0 Å². The van der Waals surface area contributed by atoms with Crippen molar-refractivity contribution < 1.29 is 19.3 Å². The molecule has 3 fully saturated rings. The van der Waals surface area contributed by atoms with Gasteiger partial charge in [0.15, 0.2) is 0 Å². The number of carbonyl (C=O) groups excluding carboxylic acids is 3. The number of rotatable bonds is 4. The molecule has 0 radical (unpaired) electrons. The van der Waals surface area contributed by atoms with E-state index in [1.54, 1.807) is 0 Å². The maximum Gasteiger partial charge on any atom is 0.269 e. The summed E-state index contributed by atoms with van der Waals surface area (Å²) in [7, 11) is 0. The first-order valence-corrected chi connectivity index (χ1v) is 8.35. The van der Waals surface area contributed by atoms with Crippen LogP contribution in [0, 0.1) is 33.8 Å². The summed E-state index contributed by atoms with van der Waals surface area (Å²) in [6.07, 6.45) is 2.94. The molecule has 3 aliphatic rings. The molecule has 4 rings (SSSR count). The molecule has 1 aromatic rings. The van der Waals surface area contributed by atoms with Crippen molar-refractivity contribution in [2.45, 2.75) is 19.3 Å². The maximum absolute atomic E-state index is 12.5. The highest BCUT2D eigenvalue weighted by molar-refractivity contribution is 6.09. The van der Waals surface area contributed by atoms with E-state index in [0.717, 1.165) is 24.2 Å². The third-order valence-corrected chi connectivity index (χ3v) is 5.68. The molecule has 2 saturated carbocycles. The number of benzene rings is 1. The highest BCUT2D eigenvalue weighted by atomic mass is 16.6. The Hall–Kier alpha value is -2.77. The van der Waals surface area contributed by atoms with E-state index in [1.165, 1.54) is 24.3 Å². The van der Waals surface area contributed by atoms with Crippen molar-refractivity contribution in [1.29, 1.82) is 0 Å². The monoisotopic (exact) mass is 343 g/mol. The van der Waals surface area contributed by atoms with Crippen LogP contribution in [0.5, 0.6) is 0 Å². The molecule has 4 atom stereocenters. The predicted molar refractivity (Wildman–Crippen MR) is 86.3 cm³/mol. The van der Waals surface area contributed by atoms with Gasteiger partial charge in [-0.05, 0) is 43.2 Å². The Bertz CT molecular complexity index is 747. The average molecular weight is 343 g/mol. The largest absolute Gasteiger partial charge is 0.325 e. The van der Waals surface area contributed by atoms with Gasteiger partial charge in [0.1, 0.15) is 6.54 Å². The van der Waals surface area contributed by atoms with Crippen molar-refractivity contribution in [2.24, 2.45) is 23.7 Å². The first-order chi connectivity index (χ1) is 12.0. The zero-order chi connectivity index (χ0) is 17.7. The Balaban J connectivity index is 1.42. The fourth-order valence-electron chi connectivity index (χ4n) is 4.64. The lowest BCUT2D eigenvalue weighted by molar-refractivity contribution is -0.384. The van der Waals surface area contributed by atoms with Crippen LogP contribution >= 0.6 is 0 Å². The molecule has 2 bridgehead atoms. The lowest BCUT2D eigenvalue weighted by Crippen LogP contribution is -2.39. The van der Waals surface area contributed by atoms with Crippen molar-refractivity contribution in [3.8, 4) is 0 Å². The molecular formula is C17H17N3O5. The molecule has 1 N–H and O–H groups in total. The zero-order valence-corrected chi connectivity index (χ0v) is 13.4. The number of nitro benzene ring substituents is 1. The van der Waals surface area contributed by atoms with E-state index in [-0.39, 0.29) is 47.7 Å². The molecular weight excluding hydrogens is 326 g/mol. The second-order valence-corrected chi connectivity index (χ2v) is 7.00. The van der Waals surface area contributed by atoms with Gasteiger partial charge in [-0.15, -0.1) is 0 Å². The van der Waals surface area contributed by atoms with E-state index in [2.05, 4.69) is 5.32 Å². The van der Waals surface area contributed by atoms with Crippen LogP contribution in [0.4, 0.5) is 11.4 Å². The second kappa shape index (κ2) is 5.65. The third-order valence-electron chi connectivity index (χ3n) is 5.68. The van der Waals surface area contributed by atoms with Crippen LogP contribution in [-0.2, 0) is 14.4 Å². The third kappa shape index (κ3) is 2.48. The van der Waals surface area contributed by atoms with Crippen LogP contribution in [-0.4, -0.2) is 34.1 Å². The summed E-state index contributed by atoms with van der Waals surface area (Å²) in [5.41, 5.74) is 0.307. The summed E-state index contributed by atoms with van der Waals surface area (Å²) >= 11 is 0. The molecule has 1 aromatic carbocycles. The maximum atomic E-state index is 12.5. The lowest BCUT2D eigenvalue weighted by Gasteiger charge is -2.19. The fourth-order valence-corrected chi connectivity index (χ4v) is 4.64. The Morgan fingerprint density at radius 3 is 2.20 bits per heavy atom. The minimum absolute atomic E-state index is 0.0776. The number of nitrogens with one attached hydrogen (secondary N) is 1. The van der Waals surface area contributed by atoms with Gasteiger partial charge in [0.2, 0.25) is 17.7 Å². The zero-order valence-electron chi connectivity index (χ0n) is 13.4. The van der Waals surface area contributed by atoms with Gasteiger partial charge in [-0.2, -0.15) is 0 Å². The van der Waals surface area contributed by atoms with Gasteiger partial charge >= 0.3 is 0 Å². The quantitative estimate of drug-likeness (QED) is 0.507. The molecule has 1 saturated heterocycles. The van der Waals surface area contributed by atoms with Crippen LogP contribution < -0.4 is 5.32 Å². The number of fused-ring (bicyclic) bond motifs is 5. The van der Waals surface area contributed by atoms with Crippen LogP contribution in [0.15, 0.2) is 24.3 Å². The summed E-state index contributed by atoms with van der Waals surface area (Å²) in [4.78, 5) is 48.5. The molecule has 0 unspecified atom stereocenters. The molecule has 8 heteroatoms. The van der Waals surface area contributed by atoms with Crippen molar-refractivity contribution in [1.82, 2.24) is 4.90 Å². The molecule has 2 aliphatic carbocycles. The second-order valence-electron chi connectivity index (χ2n) is 7.00. The number of hydrogen-bond acceptors (Lipinski definition) is 5. The molecule has 3 amide bonds.